The molecule has 0 saturated heterocycles. The first-order valence-electron chi connectivity index (χ1n) is 5.57. The van der Waals surface area contributed by atoms with E-state index in [1.54, 1.807) is 32.2 Å². The van der Waals surface area contributed by atoms with E-state index in [1.165, 1.54) is 4.68 Å². The van der Waals surface area contributed by atoms with E-state index in [9.17, 15) is 4.79 Å². The molecular formula is C12H11Cl2N3O2. The predicted octanol–water partition coefficient (Wildman–Crippen LogP) is 2.97. The molecule has 1 heterocycles. The molecule has 100 valence electrons. The Hall–Kier alpha value is -1.59. The number of nitrogens with zero attached hydrogens (tertiary/aromatic N) is 3. The number of aromatic nitrogens is 3. The van der Waals surface area contributed by atoms with Crippen LogP contribution in [0.3, 0.4) is 0 Å². The Bertz CT molecular complexity index is 605. The highest BCUT2D eigenvalue weighted by Crippen LogP contribution is 2.33. The highest BCUT2D eigenvalue weighted by molar-refractivity contribution is 6.39. The van der Waals surface area contributed by atoms with Crippen LogP contribution in [0.4, 0.5) is 0 Å². The van der Waals surface area contributed by atoms with Gasteiger partial charge >= 0.3 is 5.97 Å². The molecule has 0 radical (unpaired) electrons. The summed E-state index contributed by atoms with van der Waals surface area (Å²) in [5.41, 5.74) is 0.538. The number of hydrogen-bond donors (Lipinski definition) is 0. The van der Waals surface area contributed by atoms with E-state index in [0.29, 0.717) is 21.4 Å². The van der Waals surface area contributed by atoms with Gasteiger partial charge in [0.2, 0.25) is 0 Å². The Balaban J connectivity index is 2.49. The molecule has 0 spiro atoms. The smallest absolute Gasteiger partial charge is 0.378 e. The summed E-state index contributed by atoms with van der Waals surface area (Å²) in [5.74, 6) is -0.179. The van der Waals surface area contributed by atoms with Gasteiger partial charge in [-0.3, -0.25) is 0 Å². The molecule has 0 bridgehead atoms. The van der Waals surface area contributed by atoms with Crippen LogP contribution < -0.4 is 0 Å². The van der Waals surface area contributed by atoms with Crippen LogP contribution >= 0.6 is 23.2 Å². The number of carbonyl (C=O) groups is 1. The van der Waals surface area contributed by atoms with Crippen LogP contribution in [0.15, 0.2) is 18.2 Å². The van der Waals surface area contributed by atoms with Gasteiger partial charge in [-0.1, -0.05) is 29.3 Å². The number of halogens is 2. The first-order chi connectivity index (χ1) is 9.04. The molecule has 0 N–H and O–H groups in total. The number of ether oxygens (including phenoxy) is 1. The lowest BCUT2D eigenvalue weighted by molar-refractivity contribution is 0.0512. The highest BCUT2D eigenvalue weighted by Gasteiger charge is 2.20. The van der Waals surface area contributed by atoms with Crippen molar-refractivity contribution in [1.29, 1.82) is 0 Å². The number of esters is 1. The van der Waals surface area contributed by atoms with Crippen molar-refractivity contribution >= 4 is 29.2 Å². The van der Waals surface area contributed by atoms with E-state index in [0.717, 1.165) is 0 Å². The summed E-state index contributed by atoms with van der Waals surface area (Å²) in [6, 6.07) is 5.12. The number of aryl methyl sites for hydroxylation is 1. The molecule has 0 aliphatic carbocycles. The Morgan fingerprint density at radius 1 is 1.37 bits per heavy atom. The van der Waals surface area contributed by atoms with Crippen molar-refractivity contribution in [2.75, 3.05) is 6.61 Å². The monoisotopic (exact) mass is 299 g/mol. The Kier molecular flexibility index (Phi) is 4.07. The van der Waals surface area contributed by atoms with Gasteiger partial charge in [0.1, 0.15) is 0 Å². The lowest BCUT2D eigenvalue weighted by Crippen LogP contribution is -2.07. The molecule has 5 nitrogen and oxygen atoms in total. The summed E-state index contributed by atoms with van der Waals surface area (Å²) < 4.78 is 6.29. The molecule has 1 aromatic carbocycles. The number of carbonyl (C=O) groups excluding carboxylic acids is 1. The molecule has 0 aliphatic heterocycles. The molecule has 0 atom stereocenters. The second-order valence-corrected chi connectivity index (χ2v) is 4.51. The summed E-state index contributed by atoms with van der Waals surface area (Å²) in [6.45, 7) is 1.98. The zero-order chi connectivity index (χ0) is 14.0. The number of rotatable bonds is 3. The maximum Gasteiger partial charge on any atom is 0.378 e. The van der Waals surface area contributed by atoms with E-state index < -0.39 is 5.97 Å². The molecule has 19 heavy (non-hydrogen) atoms. The van der Waals surface area contributed by atoms with Crippen molar-refractivity contribution in [1.82, 2.24) is 14.8 Å². The fourth-order valence-corrected chi connectivity index (χ4v) is 2.16. The van der Waals surface area contributed by atoms with Gasteiger partial charge in [-0.25, -0.2) is 14.5 Å². The van der Waals surface area contributed by atoms with E-state index in [-0.39, 0.29) is 12.4 Å². The lowest BCUT2D eigenvalue weighted by atomic mass is 10.2. The van der Waals surface area contributed by atoms with Gasteiger partial charge in [-0.2, -0.15) is 0 Å². The average molecular weight is 300 g/mol. The van der Waals surface area contributed by atoms with Crippen LogP contribution in [0, 0.1) is 0 Å². The van der Waals surface area contributed by atoms with Crippen LogP contribution in [0.2, 0.25) is 10.0 Å². The third-order valence-corrected chi connectivity index (χ3v) is 3.04. The molecule has 0 amide bonds. The fraction of sp³-hybridized carbons (Fsp3) is 0.250. The lowest BCUT2D eigenvalue weighted by Gasteiger charge is -2.04. The van der Waals surface area contributed by atoms with Gasteiger partial charge in [0.05, 0.1) is 22.2 Å². The fourth-order valence-electron chi connectivity index (χ4n) is 1.60. The third kappa shape index (κ3) is 2.72. The van der Waals surface area contributed by atoms with Gasteiger partial charge < -0.3 is 4.74 Å². The summed E-state index contributed by atoms with van der Waals surface area (Å²) in [4.78, 5) is 15.7. The molecule has 1 aromatic heterocycles. The molecule has 0 fully saturated rings. The Labute approximate surface area is 120 Å². The van der Waals surface area contributed by atoms with E-state index in [1.807, 2.05) is 0 Å². The summed E-state index contributed by atoms with van der Waals surface area (Å²) in [7, 11) is 1.66. The van der Waals surface area contributed by atoms with E-state index in [2.05, 4.69) is 10.1 Å². The molecule has 2 aromatic rings. The van der Waals surface area contributed by atoms with Gasteiger partial charge in [0, 0.05) is 7.05 Å². The first-order valence-corrected chi connectivity index (χ1v) is 6.32. The van der Waals surface area contributed by atoms with Crippen molar-refractivity contribution in [3.63, 3.8) is 0 Å². The van der Waals surface area contributed by atoms with Crippen molar-refractivity contribution in [2.24, 2.45) is 7.05 Å². The molecular weight excluding hydrogens is 289 g/mol. The molecule has 2 rings (SSSR count). The standard InChI is InChI=1S/C12H11Cl2N3O2/c1-3-19-12(18)10-15-11(17(2)16-10)9-7(13)5-4-6-8(9)14/h4-6H,3H2,1-2H3. The predicted molar refractivity (Wildman–Crippen MR) is 72.4 cm³/mol. The van der Waals surface area contributed by atoms with Crippen molar-refractivity contribution in [3.05, 3.63) is 34.1 Å². The molecule has 0 saturated carbocycles. The SMILES string of the molecule is CCOC(=O)c1nc(-c2c(Cl)cccc2Cl)n(C)n1. The van der Waals surface area contributed by atoms with Gasteiger partial charge in [-0.15, -0.1) is 5.10 Å². The summed E-state index contributed by atoms with van der Waals surface area (Å²) >= 11 is 12.2. The van der Waals surface area contributed by atoms with Crippen LogP contribution in [0.25, 0.3) is 11.4 Å². The topological polar surface area (TPSA) is 57.0 Å². The van der Waals surface area contributed by atoms with Gasteiger partial charge in [-0.05, 0) is 19.1 Å². The molecule has 0 unspecified atom stereocenters. The van der Waals surface area contributed by atoms with Gasteiger partial charge in [0.15, 0.2) is 5.82 Å². The van der Waals surface area contributed by atoms with Crippen LogP contribution in [-0.2, 0) is 11.8 Å². The minimum absolute atomic E-state index is 0.0182. The Morgan fingerprint density at radius 3 is 2.58 bits per heavy atom. The normalized spacial score (nSPS) is 10.5. The summed E-state index contributed by atoms with van der Waals surface area (Å²) in [5, 5.41) is 4.89. The Morgan fingerprint density at radius 2 is 2.00 bits per heavy atom. The maximum absolute atomic E-state index is 11.6. The largest absolute Gasteiger partial charge is 0.460 e. The van der Waals surface area contributed by atoms with Crippen LogP contribution in [0.1, 0.15) is 17.5 Å². The minimum atomic E-state index is -0.576. The van der Waals surface area contributed by atoms with E-state index >= 15 is 0 Å². The molecule has 7 heteroatoms. The zero-order valence-electron chi connectivity index (χ0n) is 10.4. The highest BCUT2D eigenvalue weighted by atomic mass is 35.5. The van der Waals surface area contributed by atoms with Crippen molar-refractivity contribution < 1.29 is 9.53 Å². The van der Waals surface area contributed by atoms with Crippen molar-refractivity contribution in [2.45, 2.75) is 6.92 Å². The summed E-state index contributed by atoms with van der Waals surface area (Å²) in [6.07, 6.45) is 0. The second-order valence-electron chi connectivity index (χ2n) is 3.70. The number of hydrogen-bond acceptors (Lipinski definition) is 4. The second kappa shape index (κ2) is 5.59. The van der Waals surface area contributed by atoms with Gasteiger partial charge in [0.25, 0.3) is 5.82 Å². The molecule has 0 aliphatic rings. The van der Waals surface area contributed by atoms with Crippen LogP contribution in [0.5, 0.6) is 0 Å². The van der Waals surface area contributed by atoms with Crippen molar-refractivity contribution in [3.8, 4) is 11.4 Å². The minimum Gasteiger partial charge on any atom is -0.460 e. The number of benzene rings is 1. The zero-order valence-corrected chi connectivity index (χ0v) is 11.9. The third-order valence-electron chi connectivity index (χ3n) is 2.41. The average Bonchev–Trinajstić information content (AvgIpc) is 2.72. The quantitative estimate of drug-likeness (QED) is 0.818. The maximum atomic E-state index is 11.6. The van der Waals surface area contributed by atoms with E-state index in [4.69, 9.17) is 27.9 Å². The van der Waals surface area contributed by atoms with Crippen LogP contribution in [-0.4, -0.2) is 27.3 Å². The first kappa shape index (κ1) is 13.8.